The van der Waals surface area contributed by atoms with E-state index in [4.69, 9.17) is 0 Å². The number of aliphatic hydroxyl groups excluding tert-OH is 1. The Hall–Kier alpha value is -2.86. The summed E-state index contributed by atoms with van der Waals surface area (Å²) in [5.74, 6) is 0.995. The molecule has 0 amide bonds. The predicted octanol–water partition coefficient (Wildman–Crippen LogP) is 2.97. The molecule has 0 bridgehead atoms. The minimum absolute atomic E-state index is 0.198. The van der Waals surface area contributed by atoms with Crippen LogP contribution in [0, 0.1) is 5.92 Å². The summed E-state index contributed by atoms with van der Waals surface area (Å²) in [6, 6.07) is 16.2. The number of fused-ring (bicyclic) bond motifs is 1. The van der Waals surface area contributed by atoms with E-state index in [-0.39, 0.29) is 5.92 Å². The van der Waals surface area contributed by atoms with Gasteiger partial charge in [-0.15, -0.1) is 0 Å². The molecule has 0 saturated carbocycles. The van der Waals surface area contributed by atoms with Crippen molar-refractivity contribution in [2.75, 3.05) is 5.32 Å². The molecular formula is C19H21N5O. The van der Waals surface area contributed by atoms with E-state index in [9.17, 15) is 5.11 Å². The maximum Gasteiger partial charge on any atom is 0.208 e. The van der Waals surface area contributed by atoms with Gasteiger partial charge in [-0.05, 0) is 24.3 Å². The molecule has 2 atom stereocenters. The van der Waals surface area contributed by atoms with Gasteiger partial charge in [-0.1, -0.05) is 31.2 Å². The number of para-hydroxylation sites is 1. The largest absolute Gasteiger partial charge is 0.372 e. The molecule has 2 unspecified atom stereocenters. The first-order valence-electron chi connectivity index (χ1n) is 8.42. The number of hydrazone groups is 1. The van der Waals surface area contributed by atoms with Gasteiger partial charge in [-0.3, -0.25) is 5.43 Å². The van der Waals surface area contributed by atoms with Crippen LogP contribution in [0.4, 0.5) is 11.6 Å². The van der Waals surface area contributed by atoms with Crippen molar-refractivity contribution in [2.45, 2.75) is 19.6 Å². The molecule has 4 rings (SSSR count). The third kappa shape index (κ3) is 2.96. The van der Waals surface area contributed by atoms with E-state index >= 15 is 0 Å². The van der Waals surface area contributed by atoms with Crippen LogP contribution < -0.4 is 10.7 Å². The summed E-state index contributed by atoms with van der Waals surface area (Å²) in [6.07, 6.45) is 0.0872. The summed E-state index contributed by atoms with van der Waals surface area (Å²) in [4.78, 5) is 4.68. The zero-order chi connectivity index (χ0) is 17.4. The standard InChI is InChI=1S/C19H21N5O/c1-12-10-17(25)22-23-18(12)13-8-9-15-16(11-13)24(2)19(21-15)20-14-6-4-3-5-7-14/h3-9,11-12,17,22,25H,10H2,1-2H3,(H,20,21). The number of nitrogens with one attached hydrogen (secondary N) is 2. The maximum absolute atomic E-state index is 9.66. The fraction of sp³-hybridized carbons (Fsp3) is 0.263. The topological polar surface area (TPSA) is 74.5 Å². The summed E-state index contributed by atoms with van der Waals surface area (Å²) in [6.45, 7) is 2.08. The second-order valence-electron chi connectivity index (χ2n) is 6.47. The lowest BCUT2D eigenvalue weighted by Gasteiger charge is -2.24. The fourth-order valence-electron chi connectivity index (χ4n) is 3.21. The average Bonchev–Trinajstić information content (AvgIpc) is 2.91. The predicted molar refractivity (Wildman–Crippen MR) is 99.9 cm³/mol. The summed E-state index contributed by atoms with van der Waals surface area (Å²) in [5.41, 5.74) is 7.76. The maximum atomic E-state index is 9.66. The highest BCUT2D eigenvalue weighted by Gasteiger charge is 2.22. The first-order valence-corrected chi connectivity index (χ1v) is 8.42. The third-order valence-electron chi connectivity index (χ3n) is 4.58. The van der Waals surface area contributed by atoms with Crippen molar-refractivity contribution in [1.29, 1.82) is 0 Å². The minimum atomic E-state index is -0.569. The number of rotatable bonds is 3. The lowest BCUT2D eigenvalue weighted by atomic mass is 9.93. The van der Waals surface area contributed by atoms with Crippen LogP contribution in [0.2, 0.25) is 0 Å². The highest BCUT2D eigenvalue weighted by Crippen LogP contribution is 2.25. The van der Waals surface area contributed by atoms with E-state index in [2.05, 4.69) is 33.8 Å². The van der Waals surface area contributed by atoms with Gasteiger partial charge in [0.05, 0.1) is 16.7 Å². The van der Waals surface area contributed by atoms with Crippen LogP contribution in [0.1, 0.15) is 18.9 Å². The van der Waals surface area contributed by atoms with Crippen molar-refractivity contribution in [3.05, 3.63) is 54.1 Å². The van der Waals surface area contributed by atoms with Crippen LogP contribution in [0.25, 0.3) is 11.0 Å². The Balaban J connectivity index is 1.70. The third-order valence-corrected chi connectivity index (χ3v) is 4.58. The summed E-state index contributed by atoms with van der Waals surface area (Å²) < 4.78 is 2.04. The van der Waals surface area contributed by atoms with Crippen molar-refractivity contribution in [2.24, 2.45) is 18.1 Å². The van der Waals surface area contributed by atoms with Gasteiger partial charge in [0.25, 0.3) is 0 Å². The Labute approximate surface area is 146 Å². The van der Waals surface area contributed by atoms with Gasteiger partial charge in [0.15, 0.2) is 0 Å². The Morgan fingerprint density at radius 2 is 2.00 bits per heavy atom. The Morgan fingerprint density at radius 3 is 2.76 bits per heavy atom. The molecule has 1 aromatic heterocycles. The number of benzene rings is 2. The second kappa shape index (κ2) is 6.22. The van der Waals surface area contributed by atoms with E-state index < -0.39 is 6.23 Å². The molecule has 2 aromatic carbocycles. The van der Waals surface area contributed by atoms with Gasteiger partial charge >= 0.3 is 0 Å². The first kappa shape index (κ1) is 15.7. The number of aliphatic hydroxyl groups is 1. The van der Waals surface area contributed by atoms with Crippen LogP contribution in [0.15, 0.2) is 53.6 Å². The first-order chi connectivity index (χ1) is 12.1. The van der Waals surface area contributed by atoms with Gasteiger partial charge in [0, 0.05) is 30.6 Å². The fourth-order valence-corrected chi connectivity index (χ4v) is 3.21. The number of imidazole rings is 1. The summed E-state index contributed by atoms with van der Waals surface area (Å²) >= 11 is 0. The molecule has 0 radical (unpaired) electrons. The number of anilines is 2. The average molecular weight is 335 g/mol. The molecule has 3 aromatic rings. The van der Waals surface area contributed by atoms with Crippen LogP contribution in [0.5, 0.6) is 0 Å². The van der Waals surface area contributed by atoms with Crippen molar-refractivity contribution >= 4 is 28.4 Å². The number of aromatic nitrogens is 2. The van der Waals surface area contributed by atoms with Crippen LogP contribution >= 0.6 is 0 Å². The van der Waals surface area contributed by atoms with E-state index in [0.29, 0.717) is 6.42 Å². The molecule has 3 N–H and O–H groups in total. The molecule has 0 aliphatic carbocycles. The van der Waals surface area contributed by atoms with Crippen molar-refractivity contribution in [3.8, 4) is 0 Å². The Kier molecular flexibility index (Phi) is 3.89. The van der Waals surface area contributed by atoms with E-state index in [0.717, 1.165) is 33.9 Å². The molecule has 1 aliphatic rings. The molecule has 0 saturated heterocycles. The number of aryl methyl sites for hydroxylation is 1. The van der Waals surface area contributed by atoms with Gasteiger partial charge < -0.3 is 15.0 Å². The van der Waals surface area contributed by atoms with Crippen molar-refractivity contribution in [1.82, 2.24) is 15.0 Å². The number of hydrogen-bond donors (Lipinski definition) is 3. The van der Waals surface area contributed by atoms with E-state index in [1.54, 1.807) is 0 Å². The Bertz CT molecular complexity index is 932. The van der Waals surface area contributed by atoms with Gasteiger partial charge in [0.2, 0.25) is 5.95 Å². The Morgan fingerprint density at radius 1 is 1.20 bits per heavy atom. The molecule has 0 fully saturated rings. The number of nitrogens with zero attached hydrogens (tertiary/aromatic N) is 3. The van der Waals surface area contributed by atoms with E-state index in [1.165, 1.54) is 0 Å². The molecular weight excluding hydrogens is 314 g/mol. The molecule has 2 heterocycles. The smallest absolute Gasteiger partial charge is 0.208 e. The number of hydrogen-bond acceptors (Lipinski definition) is 5. The second-order valence-corrected chi connectivity index (χ2v) is 6.47. The molecule has 1 aliphatic heterocycles. The zero-order valence-corrected chi connectivity index (χ0v) is 14.3. The van der Waals surface area contributed by atoms with Gasteiger partial charge in [-0.25, -0.2) is 4.98 Å². The lowest BCUT2D eigenvalue weighted by Crippen LogP contribution is -2.35. The van der Waals surface area contributed by atoms with Gasteiger partial charge in [-0.2, -0.15) is 5.10 Å². The zero-order valence-electron chi connectivity index (χ0n) is 14.3. The quantitative estimate of drug-likeness (QED) is 0.688. The summed E-state index contributed by atoms with van der Waals surface area (Å²) in [7, 11) is 2.00. The van der Waals surface area contributed by atoms with Crippen LogP contribution in [-0.4, -0.2) is 26.6 Å². The molecule has 6 heteroatoms. The molecule has 6 nitrogen and oxygen atoms in total. The van der Waals surface area contributed by atoms with Gasteiger partial charge in [0.1, 0.15) is 6.23 Å². The van der Waals surface area contributed by atoms with Crippen molar-refractivity contribution < 1.29 is 5.11 Å². The monoisotopic (exact) mass is 335 g/mol. The lowest BCUT2D eigenvalue weighted by molar-refractivity contribution is 0.114. The SMILES string of the molecule is CC1CC(O)NN=C1c1ccc2nc(Nc3ccccc3)n(C)c2c1. The highest BCUT2D eigenvalue weighted by atomic mass is 16.3. The van der Waals surface area contributed by atoms with Crippen LogP contribution in [0.3, 0.4) is 0 Å². The van der Waals surface area contributed by atoms with Crippen LogP contribution in [-0.2, 0) is 7.05 Å². The molecule has 128 valence electrons. The molecule has 25 heavy (non-hydrogen) atoms. The molecule has 0 spiro atoms. The minimum Gasteiger partial charge on any atom is -0.372 e. The highest BCUT2D eigenvalue weighted by molar-refractivity contribution is 6.04. The normalized spacial score (nSPS) is 20.2. The van der Waals surface area contributed by atoms with E-state index in [1.807, 2.05) is 54.1 Å². The van der Waals surface area contributed by atoms with Crippen molar-refractivity contribution in [3.63, 3.8) is 0 Å². The summed E-state index contributed by atoms with van der Waals surface area (Å²) in [5, 5.41) is 17.4.